The number of carbonyl (C=O) groups excluding carboxylic acids is 2. The van der Waals surface area contributed by atoms with Crippen LogP contribution >= 0.6 is 0 Å². The van der Waals surface area contributed by atoms with Gasteiger partial charge in [0.05, 0.1) is 13.1 Å². The summed E-state index contributed by atoms with van der Waals surface area (Å²) in [5.41, 5.74) is 1.26. The lowest BCUT2D eigenvalue weighted by Gasteiger charge is -2.34. The van der Waals surface area contributed by atoms with E-state index < -0.39 is 0 Å². The summed E-state index contributed by atoms with van der Waals surface area (Å²) in [5, 5.41) is 0. The number of Topliss-reactive ketones (excluding diaryl/α,β-unsaturated/α-hetero) is 2. The average molecular weight is 438 g/mol. The fourth-order valence-electron chi connectivity index (χ4n) is 4.13. The maximum Gasteiger partial charge on any atom is 0.176 e. The van der Waals surface area contributed by atoms with Crippen molar-refractivity contribution in [1.29, 1.82) is 0 Å². The number of nitrogens with zero attached hydrogens (tertiary/aromatic N) is 2. The van der Waals surface area contributed by atoms with Crippen LogP contribution in [0.4, 0.5) is 0 Å². The number of fused-ring (bicyclic) bond motifs is 2. The van der Waals surface area contributed by atoms with Crippen molar-refractivity contribution in [3.8, 4) is 23.0 Å². The van der Waals surface area contributed by atoms with Crippen molar-refractivity contribution in [3.63, 3.8) is 0 Å². The van der Waals surface area contributed by atoms with E-state index in [1.165, 1.54) is 0 Å². The molecule has 8 heteroatoms. The van der Waals surface area contributed by atoms with Gasteiger partial charge in [-0.1, -0.05) is 0 Å². The second kappa shape index (κ2) is 9.18. The van der Waals surface area contributed by atoms with Crippen molar-refractivity contribution in [2.24, 2.45) is 0 Å². The van der Waals surface area contributed by atoms with Gasteiger partial charge in [-0.15, -0.1) is 0 Å². The molecule has 3 aliphatic heterocycles. The van der Waals surface area contributed by atoms with Crippen LogP contribution in [0, 0.1) is 0 Å². The van der Waals surface area contributed by atoms with Gasteiger partial charge in [-0.25, -0.2) is 0 Å². The first kappa shape index (κ1) is 20.8. The van der Waals surface area contributed by atoms with Gasteiger partial charge < -0.3 is 18.9 Å². The summed E-state index contributed by atoms with van der Waals surface area (Å²) in [4.78, 5) is 29.7. The summed E-state index contributed by atoms with van der Waals surface area (Å²) in [7, 11) is 0. The third-order valence-electron chi connectivity index (χ3n) is 5.93. The Bertz CT molecular complexity index is 934. The predicted octanol–water partition coefficient (Wildman–Crippen LogP) is 1.91. The summed E-state index contributed by atoms with van der Waals surface area (Å²) in [6.45, 7) is 5.72. The maximum absolute atomic E-state index is 12.7. The minimum absolute atomic E-state index is 0.0581. The first-order valence-corrected chi connectivity index (χ1v) is 11.0. The first-order valence-electron chi connectivity index (χ1n) is 11.0. The second-order valence-electron chi connectivity index (χ2n) is 8.12. The highest BCUT2D eigenvalue weighted by Gasteiger charge is 2.23. The van der Waals surface area contributed by atoms with Crippen LogP contribution in [0.5, 0.6) is 23.0 Å². The summed E-state index contributed by atoms with van der Waals surface area (Å²) in [6, 6.07) is 10.7. The zero-order valence-electron chi connectivity index (χ0n) is 17.9. The average Bonchev–Trinajstić information content (AvgIpc) is 2.84. The standard InChI is InChI=1S/C24H26N2O6/c27-19(17-1-3-21-23(13-17)31-11-9-29-21)15-25-5-7-26(8-6-25)16-20(28)18-2-4-22-24(14-18)32-12-10-30-22/h1-4,13-14H,5-12,15-16H2. The van der Waals surface area contributed by atoms with Crippen LogP contribution in [0.15, 0.2) is 36.4 Å². The zero-order valence-corrected chi connectivity index (χ0v) is 17.9. The second-order valence-corrected chi connectivity index (χ2v) is 8.12. The van der Waals surface area contributed by atoms with Crippen LogP contribution in [0.2, 0.25) is 0 Å². The highest BCUT2D eigenvalue weighted by molar-refractivity contribution is 5.99. The van der Waals surface area contributed by atoms with Crippen LogP contribution < -0.4 is 18.9 Å². The van der Waals surface area contributed by atoms with E-state index in [0.717, 1.165) is 26.2 Å². The molecule has 1 saturated heterocycles. The number of ether oxygens (including phenoxy) is 4. The summed E-state index contributed by atoms with van der Waals surface area (Å²) >= 11 is 0. The third kappa shape index (κ3) is 4.56. The summed E-state index contributed by atoms with van der Waals surface area (Å²) < 4.78 is 22.2. The SMILES string of the molecule is O=C(CN1CCN(CC(=O)c2ccc3c(c2)OCCO3)CC1)c1ccc2c(c1)OCCO2. The van der Waals surface area contributed by atoms with Gasteiger partial charge >= 0.3 is 0 Å². The van der Waals surface area contributed by atoms with E-state index in [4.69, 9.17) is 18.9 Å². The predicted molar refractivity (Wildman–Crippen MR) is 116 cm³/mol. The molecule has 0 N–H and O–H groups in total. The minimum atomic E-state index is 0.0581. The van der Waals surface area contributed by atoms with Crippen LogP contribution in [0.1, 0.15) is 20.7 Å². The van der Waals surface area contributed by atoms with Gasteiger partial charge in [0.1, 0.15) is 26.4 Å². The number of piperazine rings is 1. The molecule has 5 rings (SSSR count). The summed E-state index contributed by atoms with van der Waals surface area (Å²) in [6.07, 6.45) is 0. The molecular weight excluding hydrogens is 412 g/mol. The first-order chi connectivity index (χ1) is 15.7. The molecule has 32 heavy (non-hydrogen) atoms. The lowest BCUT2D eigenvalue weighted by Crippen LogP contribution is -2.49. The van der Waals surface area contributed by atoms with Gasteiger partial charge in [0.25, 0.3) is 0 Å². The van der Waals surface area contributed by atoms with Crippen molar-refractivity contribution in [1.82, 2.24) is 9.80 Å². The quantitative estimate of drug-likeness (QED) is 0.633. The monoisotopic (exact) mass is 438 g/mol. The van der Waals surface area contributed by atoms with Gasteiger partial charge in [0.2, 0.25) is 0 Å². The number of ketones is 2. The highest BCUT2D eigenvalue weighted by atomic mass is 16.6. The van der Waals surface area contributed by atoms with Gasteiger partial charge in [0.15, 0.2) is 34.6 Å². The lowest BCUT2D eigenvalue weighted by molar-refractivity contribution is 0.0782. The molecule has 0 unspecified atom stereocenters. The van der Waals surface area contributed by atoms with E-state index in [9.17, 15) is 9.59 Å². The van der Waals surface area contributed by atoms with Crippen molar-refractivity contribution in [3.05, 3.63) is 47.5 Å². The molecule has 8 nitrogen and oxygen atoms in total. The molecular formula is C24H26N2O6. The van der Waals surface area contributed by atoms with Gasteiger partial charge in [-0.2, -0.15) is 0 Å². The van der Waals surface area contributed by atoms with Crippen LogP contribution in [0.3, 0.4) is 0 Å². The fraction of sp³-hybridized carbons (Fsp3) is 0.417. The molecule has 0 bridgehead atoms. The Morgan fingerprint density at radius 3 is 1.38 bits per heavy atom. The number of hydrogen-bond donors (Lipinski definition) is 0. The molecule has 0 radical (unpaired) electrons. The molecule has 0 aromatic heterocycles. The molecule has 0 amide bonds. The lowest BCUT2D eigenvalue weighted by atomic mass is 10.1. The zero-order chi connectivity index (χ0) is 21.9. The van der Waals surface area contributed by atoms with E-state index in [1.54, 1.807) is 36.4 Å². The molecule has 168 valence electrons. The molecule has 0 saturated carbocycles. The molecule has 3 aliphatic rings. The van der Waals surface area contributed by atoms with Crippen molar-refractivity contribution >= 4 is 11.6 Å². The van der Waals surface area contributed by atoms with E-state index in [0.29, 0.717) is 73.6 Å². The maximum atomic E-state index is 12.7. The van der Waals surface area contributed by atoms with Crippen LogP contribution in [-0.4, -0.2) is 87.1 Å². The number of carbonyl (C=O) groups is 2. The minimum Gasteiger partial charge on any atom is -0.486 e. The third-order valence-corrected chi connectivity index (χ3v) is 5.93. The molecule has 2 aromatic rings. The highest BCUT2D eigenvalue weighted by Crippen LogP contribution is 2.32. The van der Waals surface area contributed by atoms with E-state index >= 15 is 0 Å². The summed E-state index contributed by atoms with van der Waals surface area (Å²) in [5.74, 6) is 2.74. The fourth-order valence-corrected chi connectivity index (χ4v) is 4.13. The van der Waals surface area contributed by atoms with E-state index in [-0.39, 0.29) is 11.6 Å². The number of hydrogen-bond acceptors (Lipinski definition) is 8. The molecule has 0 spiro atoms. The largest absolute Gasteiger partial charge is 0.486 e. The van der Waals surface area contributed by atoms with Crippen molar-refractivity contribution in [2.45, 2.75) is 0 Å². The molecule has 0 atom stereocenters. The van der Waals surface area contributed by atoms with Crippen molar-refractivity contribution < 1.29 is 28.5 Å². The molecule has 0 aliphatic carbocycles. The Kier molecular flexibility index (Phi) is 5.96. The Morgan fingerprint density at radius 1 is 0.594 bits per heavy atom. The molecule has 1 fully saturated rings. The Balaban J connectivity index is 1.12. The smallest absolute Gasteiger partial charge is 0.176 e. The molecule has 3 heterocycles. The van der Waals surface area contributed by atoms with Gasteiger partial charge in [0, 0.05) is 37.3 Å². The van der Waals surface area contributed by atoms with Gasteiger partial charge in [-0.3, -0.25) is 19.4 Å². The van der Waals surface area contributed by atoms with Crippen LogP contribution in [0.25, 0.3) is 0 Å². The Labute approximate surface area is 186 Å². The van der Waals surface area contributed by atoms with Gasteiger partial charge in [-0.05, 0) is 36.4 Å². The van der Waals surface area contributed by atoms with Crippen LogP contribution in [-0.2, 0) is 0 Å². The number of rotatable bonds is 6. The number of benzene rings is 2. The topological polar surface area (TPSA) is 77.5 Å². The molecule has 2 aromatic carbocycles. The Hall–Kier alpha value is -3.10. The normalized spacial score (nSPS) is 18.2. The van der Waals surface area contributed by atoms with E-state index in [2.05, 4.69) is 9.80 Å². The Morgan fingerprint density at radius 2 is 0.969 bits per heavy atom. The van der Waals surface area contributed by atoms with E-state index in [1.807, 2.05) is 0 Å². The van der Waals surface area contributed by atoms with Crippen molar-refractivity contribution in [2.75, 3.05) is 65.7 Å².